The van der Waals surface area contributed by atoms with Crippen LogP contribution in [-0.2, 0) is 19.1 Å². The minimum atomic E-state index is -0.841. The van der Waals surface area contributed by atoms with Gasteiger partial charge >= 0.3 is 5.97 Å². The van der Waals surface area contributed by atoms with Crippen molar-refractivity contribution in [3.8, 4) is 0 Å². The van der Waals surface area contributed by atoms with Crippen molar-refractivity contribution >= 4 is 17.7 Å². The van der Waals surface area contributed by atoms with E-state index in [1.807, 2.05) is 6.08 Å². The zero-order chi connectivity index (χ0) is 21.6. The van der Waals surface area contributed by atoms with Crippen LogP contribution in [0.2, 0.25) is 0 Å². The molecule has 2 aliphatic rings. The lowest BCUT2D eigenvalue weighted by atomic mass is 9.84. The molecule has 29 heavy (non-hydrogen) atoms. The fourth-order valence-electron chi connectivity index (χ4n) is 4.54. The number of aliphatic hydroxyl groups excluding tert-OH is 1. The van der Waals surface area contributed by atoms with Gasteiger partial charge < -0.3 is 14.7 Å². The van der Waals surface area contributed by atoms with Crippen LogP contribution >= 0.6 is 0 Å². The molecule has 162 valence electrons. The lowest BCUT2D eigenvalue weighted by molar-refractivity contribution is -0.152. The molecular formula is C23H35NO5. The van der Waals surface area contributed by atoms with Crippen molar-refractivity contribution < 1.29 is 24.2 Å². The number of aliphatic hydroxyl groups is 1. The average Bonchev–Trinajstić information content (AvgIpc) is 3.27. The number of rotatable bonds is 12. The van der Waals surface area contributed by atoms with Crippen LogP contribution in [0.5, 0.6) is 0 Å². The van der Waals surface area contributed by atoms with Crippen molar-refractivity contribution in [1.82, 2.24) is 4.90 Å². The summed E-state index contributed by atoms with van der Waals surface area (Å²) >= 11 is 0. The minimum Gasteiger partial charge on any atom is -0.466 e. The molecular weight excluding hydrogens is 370 g/mol. The highest BCUT2D eigenvalue weighted by molar-refractivity contribution is 5.94. The highest BCUT2D eigenvalue weighted by atomic mass is 16.5. The molecule has 0 aromatic rings. The Morgan fingerprint density at radius 2 is 1.90 bits per heavy atom. The Kier molecular flexibility index (Phi) is 8.20. The molecule has 1 amide bonds. The Bertz CT molecular complexity index is 645. The van der Waals surface area contributed by atoms with Gasteiger partial charge in [0.05, 0.1) is 24.0 Å². The summed E-state index contributed by atoms with van der Waals surface area (Å²) in [6.07, 6.45) is 6.80. The number of unbranched alkanes of at least 4 members (excludes halogenated alkanes) is 2. The summed E-state index contributed by atoms with van der Waals surface area (Å²) in [5.41, 5.74) is -0.841. The molecule has 2 fully saturated rings. The number of hydrogen-bond acceptors (Lipinski definition) is 5. The first-order valence-electron chi connectivity index (χ1n) is 10.7. The second-order valence-corrected chi connectivity index (χ2v) is 8.45. The van der Waals surface area contributed by atoms with Crippen LogP contribution in [0.4, 0.5) is 0 Å². The molecule has 2 saturated carbocycles. The maximum atomic E-state index is 13.1. The predicted molar refractivity (Wildman–Crippen MR) is 111 cm³/mol. The number of allylic oxidation sites excluding steroid dienone is 2. The number of carbonyl (C=O) groups is 3. The number of amides is 1. The minimum absolute atomic E-state index is 0.0483. The third-order valence-electron chi connectivity index (χ3n) is 6.39. The number of carbonyl (C=O) groups excluding carboxylic acids is 3. The van der Waals surface area contributed by atoms with Crippen molar-refractivity contribution in [3.05, 3.63) is 25.3 Å². The summed E-state index contributed by atoms with van der Waals surface area (Å²) in [6, 6.07) is 0. The zero-order valence-corrected chi connectivity index (χ0v) is 17.8. The van der Waals surface area contributed by atoms with Crippen molar-refractivity contribution in [3.63, 3.8) is 0 Å². The Morgan fingerprint density at radius 3 is 2.48 bits per heavy atom. The van der Waals surface area contributed by atoms with Gasteiger partial charge in [-0.2, -0.15) is 0 Å². The molecule has 0 aromatic heterocycles. The molecule has 0 aromatic carbocycles. The van der Waals surface area contributed by atoms with E-state index in [-0.39, 0.29) is 43.0 Å². The molecule has 0 radical (unpaired) electrons. The van der Waals surface area contributed by atoms with Crippen LogP contribution in [0.1, 0.15) is 51.9 Å². The molecule has 5 atom stereocenters. The highest BCUT2D eigenvalue weighted by Gasteiger charge is 2.61. The molecule has 0 saturated heterocycles. The average molecular weight is 406 g/mol. The van der Waals surface area contributed by atoms with Gasteiger partial charge in [-0.15, -0.1) is 13.2 Å². The summed E-state index contributed by atoms with van der Waals surface area (Å²) in [5, 5.41) is 10.2. The maximum Gasteiger partial charge on any atom is 0.313 e. The van der Waals surface area contributed by atoms with Gasteiger partial charge in [-0.25, -0.2) is 0 Å². The van der Waals surface area contributed by atoms with Crippen LogP contribution in [-0.4, -0.2) is 54.0 Å². The molecule has 0 spiro atoms. The van der Waals surface area contributed by atoms with Crippen LogP contribution in [0, 0.1) is 23.2 Å². The predicted octanol–water partition coefficient (Wildman–Crippen LogP) is 2.90. The SMILES string of the molecule is C=CCCCCN(C)C(=O)[C@@H]1C[C@@H](O)C[C@H]1C(=O)C[C@]1(C(=O)OCC)CC1C=C. The molecule has 1 unspecified atom stereocenters. The van der Waals surface area contributed by atoms with E-state index in [2.05, 4.69) is 13.2 Å². The van der Waals surface area contributed by atoms with Gasteiger partial charge in [0.15, 0.2) is 0 Å². The lowest BCUT2D eigenvalue weighted by Crippen LogP contribution is -2.38. The van der Waals surface area contributed by atoms with Crippen LogP contribution in [0.3, 0.4) is 0 Å². The highest BCUT2D eigenvalue weighted by Crippen LogP contribution is 2.57. The summed E-state index contributed by atoms with van der Waals surface area (Å²) in [5.74, 6) is -1.73. The number of ether oxygens (including phenoxy) is 1. The van der Waals surface area contributed by atoms with E-state index in [9.17, 15) is 19.5 Å². The van der Waals surface area contributed by atoms with Crippen molar-refractivity contribution in [2.24, 2.45) is 23.2 Å². The quantitative estimate of drug-likeness (QED) is 0.307. The van der Waals surface area contributed by atoms with Crippen molar-refractivity contribution in [1.29, 1.82) is 0 Å². The van der Waals surface area contributed by atoms with E-state index >= 15 is 0 Å². The summed E-state index contributed by atoms with van der Waals surface area (Å²) in [7, 11) is 1.75. The summed E-state index contributed by atoms with van der Waals surface area (Å²) in [6.45, 7) is 10.1. The van der Waals surface area contributed by atoms with Gasteiger partial charge in [-0.3, -0.25) is 14.4 Å². The zero-order valence-electron chi connectivity index (χ0n) is 17.8. The maximum absolute atomic E-state index is 13.1. The normalized spacial score (nSPS) is 30.4. The van der Waals surface area contributed by atoms with E-state index in [0.29, 0.717) is 19.4 Å². The standard InChI is InChI=1S/C23H35NO5/c1-5-8-9-10-11-24(4)21(27)19-13-17(25)12-18(19)20(26)15-23(14-16(23)6-2)22(28)29-7-3/h5-6,16-19,25H,1-2,7-15H2,3-4H3/t16?,17-,18+,19+,23+/m0/s1. The lowest BCUT2D eigenvalue weighted by Gasteiger charge is -2.25. The summed E-state index contributed by atoms with van der Waals surface area (Å²) in [4.78, 5) is 40.2. The second-order valence-electron chi connectivity index (χ2n) is 8.45. The van der Waals surface area contributed by atoms with E-state index in [1.54, 1.807) is 24.9 Å². The Hall–Kier alpha value is -1.95. The van der Waals surface area contributed by atoms with Gasteiger partial charge in [-0.1, -0.05) is 12.2 Å². The number of hydrogen-bond donors (Lipinski definition) is 1. The first-order valence-corrected chi connectivity index (χ1v) is 10.7. The molecule has 2 rings (SSSR count). The van der Waals surface area contributed by atoms with Crippen molar-refractivity contribution in [2.75, 3.05) is 20.2 Å². The van der Waals surface area contributed by atoms with E-state index in [0.717, 1.165) is 19.3 Å². The van der Waals surface area contributed by atoms with E-state index < -0.39 is 23.4 Å². The van der Waals surface area contributed by atoms with Gasteiger partial charge in [0.25, 0.3) is 0 Å². The third kappa shape index (κ3) is 5.35. The van der Waals surface area contributed by atoms with E-state index in [4.69, 9.17) is 4.74 Å². The number of esters is 1. The van der Waals surface area contributed by atoms with Crippen LogP contribution < -0.4 is 0 Å². The van der Waals surface area contributed by atoms with Gasteiger partial charge in [0, 0.05) is 25.9 Å². The smallest absolute Gasteiger partial charge is 0.313 e. The second kappa shape index (κ2) is 10.2. The monoisotopic (exact) mass is 405 g/mol. The van der Waals surface area contributed by atoms with Gasteiger partial charge in [0.1, 0.15) is 5.78 Å². The summed E-state index contributed by atoms with van der Waals surface area (Å²) < 4.78 is 5.19. The number of ketones is 1. The Labute approximate surface area is 174 Å². The molecule has 1 N–H and O–H groups in total. The topological polar surface area (TPSA) is 83.9 Å². The fourth-order valence-corrected chi connectivity index (χ4v) is 4.54. The molecule has 6 heteroatoms. The largest absolute Gasteiger partial charge is 0.466 e. The first-order chi connectivity index (χ1) is 13.8. The molecule has 0 heterocycles. The van der Waals surface area contributed by atoms with Crippen LogP contribution in [0.25, 0.3) is 0 Å². The van der Waals surface area contributed by atoms with Gasteiger partial charge in [-0.05, 0) is 51.4 Å². The molecule has 0 bridgehead atoms. The number of Topliss-reactive ketones (excluding diaryl/α,β-unsaturated/α-hetero) is 1. The number of nitrogens with zero attached hydrogens (tertiary/aromatic N) is 1. The third-order valence-corrected chi connectivity index (χ3v) is 6.39. The van der Waals surface area contributed by atoms with Crippen molar-refractivity contribution in [2.45, 2.75) is 58.0 Å². The Morgan fingerprint density at radius 1 is 1.21 bits per heavy atom. The van der Waals surface area contributed by atoms with Crippen LogP contribution in [0.15, 0.2) is 25.3 Å². The van der Waals surface area contributed by atoms with E-state index in [1.165, 1.54) is 0 Å². The fraction of sp³-hybridized carbons (Fsp3) is 0.696. The first kappa shape index (κ1) is 23.3. The molecule has 6 nitrogen and oxygen atoms in total. The molecule has 2 aliphatic carbocycles. The molecule has 0 aliphatic heterocycles. The van der Waals surface area contributed by atoms with Gasteiger partial charge in [0.2, 0.25) is 5.91 Å². The Balaban J connectivity index is 2.04.